The molecule has 5 nitrogen and oxygen atoms in total. The van der Waals surface area contributed by atoms with Crippen LogP contribution in [0.4, 0.5) is 4.39 Å². The third-order valence-electron chi connectivity index (χ3n) is 5.64. The summed E-state index contributed by atoms with van der Waals surface area (Å²) in [4.78, 5) is 7.27. The van der Waals surface area contributed by atoms with Crippen molar-refractivity contribution in [3.8, 4) is 0 Å². The molecule has 1 saturated heterocycles. The number of rotatable bonds is 8. The highest BCUT2D eigenvalue weighted by Crippen LogP contribution is 2.49. The van der Waals surface area contributed by atoms with Crippen LogP contribution in [0.25, 0.3) is 0 Å². The maximum absolute atomic E-state index is 13.3. The predicted molar refractivity (Wildman–Crippen MR) is 125 cm³/mol. The number of hydrogen-bond acceptors (Lipinski definition) is 3. The summed E-state index contributed by atoms with van der Waals surface area (Å²) in [7, 11) is 0. The molecule has 1 aromatic rings. The molecular weight excluding hydrogens is 484 g/mol. The summed E-state index contributed by atoms with van der Waals surface area (Å²) in [6.07, 6.45) is 3.56. The number of morpholine rings is 1. The van der Waals surface area contributed by atoms with Gasteiger partial charge < -0.3 is 19.7 Å². The topological polar surface area (TPSA) is 46.1 Å². The Morgan fingerprint density at radius 3 is 2.62 bits per heavy atom. The molecule has 1 heterocycles. The number of benzene rings is 1. The molecule has 29 heavy (non-hydrogen) atoms. The number of aliphatic imine (C=N–C) groups is 1. The van der Waals surface area contributed by atoms with Gasteiger partial charge in [-0.15, -0.1) is 24.0 Å². The molecular formula is C22H35FIN3O2. The number of nitrogens with one attached hydrogen (secondary N) is 1. The average molecular weight is 519 g/mol. The van der Waals surface area contributed by atoms with E-state index in [1.165, 1.54) is 25.0 Å². The molecule has 0 bridgehead atoms. The maximum atomic E-state index is 13.3. The van der Waals surface area contributed by atoms with E-state index in [9.17, 15) is 4.39 Å². The first kappa shape index (κ1) is 24.3. The second kappa shape index (κ2) is 11.5. The number of guanidine groups is 1. The van der Waals surface area contributed by atoms with E-state index in [0.717, 1.165) is 50.8 Å². The van der Waals surface area contributed by atoms with Gasteiger partial charge in [0.05, 0.1) is 12.6 Å². The van der Waals surface area contributed by atoms with Gasteiger partial charge in [-0.05, 0) is 63.1 Å². The summed E-state index contributed by atoms with van der Waals surface area (Å²) in [5, 5.41) is 3.45. The molecule has 1 N–H and O–H groups in total. The summed E-state index contributed by atoms with van der Waals surface area (Å²) < 4.78 is 25.0. The van der Waals surface area contributed by atoms with Crippen molar-refractivity contribution in [2.75, 3.05) is 39.4 Å². The smallest absolute Gasteiger partial charge is 0.194 e. The number of halogens is 2. The molecule has 164 valence electrons. The van der Waals surface area contributed by atoms with Crippen LogP contribution in [0.1, 0.15) is 51.7 Å². The Bertz CT molecular complexity index is 652. The van der Waals surface area contributed by atoms with Crippen molar-refractivity contribution >= 4 is 29.9 Å². The van der Waals surface area contributed by atoms with Crippen molar-refractivity contribution in [1.29, 1.82) is 0 Å². The largest absolute Gasteiger partial charge is 0.382 e. The lowest BCUT2D eigenvalue weighted by Gasteiger charge is -2.39. The second-order valence-corrected chi connectivity index (χ2v) is 8.01. The molecule has 7 heteroatoms. The first-order chi connectivity index (χ1) is 13.5. The van der Waals surface area contributed by atoms with Crippen molar-refractivity contribution in [2.45, 2.75) is 52.2 Å². The Kier molecular flexibility index (Phi) is 9.62. The van der Waals surface area contributed by atoms with E-state index >= 15 is 0 Å². The molecule has 0 spiro atoms. The maximum Gasteiger partial charge on any atom is 0.194 e. The van der Waals surface area contributed by atoms with E-state index in [0.29, 0.717) is 12.0 Å². The molecule has 0 radical (unpaired) electrons. The van der Waals surface area contributed by atoms with Gasteiger partial charge in [0.2, 0.25) is 0 Å². The lowest BCUT2D eigenvalue weighted by molar-refractivity contribution is -0.0605. The van der Waals surface area contributed by atoms with Crippen molar-refractivity contribution in [1.82, 2.24) is 10.2 Å². The van der Waals surface area contributed by atoms with Gasteiger partial charge in [0, 0.05) is 32.8 Å². The van der Waals surface area contributed by atoms with Crippen LogP contribution in [0.3, 0.4) is 0 Å². The van der Waals surface area contributed by atoms with Gasteiger partial charge >= 0.3 is 0 Å². The van der Waals surface area contributed by atoms with Crippen molar-refractivity contribution in [3.63, 3.8) is 0 Å². The van der Waals surface area contributed by atoms with Crippen LogP contribution in [0.5, 0.6) is 0 Å². The first-order valence-corrected chi connectivity index (χ1v) is 10.6. The number of ether oxygens (including phenoxy) is 2. The molecule has 2 fully saturated rings. The van der Waals surface area contributed by atoms with Gasteiger partial charge in [-0.2, -0.15) is 0 Å². The van der Waals surface area contributed by atoms with Crippen molar-refractivity contribution < 1.29 is 13.9 Å². The van der Waals surface area contributed by atoms with Gasteiger partial charge in [0.15, 0.2) is 5.96 Å². The summed E-state index contributed by atoms with van der Waals surface area (Å²) >= 11 is 0. The number of hydrogen-bond donors (Lipinski definition) is 1. The van der Waals surface area contributed by atoms with Crippen LogP contribution in [0, 0.1) is 11.2 Å². The second-order valence-electron chi connectivity index (χ2n) is 8.01. The summed E-state index contributed by atoms with van der Waals surface area (Å²) in [5.41, 5.74) is 1.33. The average Bonchev–Trinajstić information content (AvgIpc) is 3.45. The lowest BCUT2D eigenvalue weighted by atomic mass is 10.0. The Balaban J connectivity index is 0.00000300. The lowest BCUT2D eigenvalue weighted by Crippen LogP contribution is -2.51. The van der Waals surface area contributed by atoms with E-state index in [4.69, 9.17) is 14.5 Å². The normalized spacial score (nSPS) is 23.4. The zero-order chi connectivity index (χ0) is 20.0. The van der Waals surface area contributed by atoms with E-state index in [-0.39, 0.29) is 42.0 Å². The molecule has 2 atom stereocenters. The molecule has 0 amide bonds. The Morgan fingerprint density at radius 1 is 1.28 bits per heavy atom. The fourth-order valence-electron chi connectivity index (χ4n) is 3.75. The summed E-state index contributed by atoms with van der Waals surface area (Å²) in [6, 6.07) is 6.62. The fourth-order valence-corrected chi connectivity index (χ4v) is 3.75. The molecule has 1 aromatic carbocycles. The van der Waals surface area contributed by atoms with Gasteiger partial charge in [0.1, 0.15) is 11.9 Å². The molecule has 2 unspecified atom stereocenters. The van der Waals surface area contributed by atoms with E-state index in [1.807, 2.05) is 19.1 Å². The Labute approximate surface area is 191 Å². The molecule has 0 aromatic heterocycles. The van der Waals surface area contributed by atoms with Crippen LogP contribution in [-0.4, -0.2) is 56.4 Å². The van der Waals surface area contributed by atoms with E-state index in [2.05, 4.69) is 24.1 Å². The SMILES string of the molecule is CCNC(=NCC1(CCOCC)CC1)N1CC(C)OC(c2ccc(F)cc2)C1.I. The highest BCUT2D eigenvalue weighted by atomic mass is 127. The third kappa shape index (κ3) is 7.07. The van der Waals surface area contributed by atoms with Crippen LogP contribution < -0.4 is 5.32 Å². The molecule has 1 aliphatic heterocycles. The summed E-state index contributed by atoms with van der Waals surface area (Å²) in [5.74, 6) is 0.730. The van der Waals surface area contributed by atoms with Crippen LogP contribution in [-0.2, 0) is 9.47 Å². The molecule has 1 saturated carbocycles. The van der Waals surface area contributed by atoms with Crippen LogP contribution in [0.15, 0.2) is 29.3 Å². The van der Waals surface area contributed by atoms with Crippen LogP contribution in [0.2, 0.25) is 0 Å². The molecule has 1 aliphatic carbocycles. The third-order valence-corrected chi connectivity index (χ3v) is 5.64. The van der Waals surface area contributed by atoms with Crippen molar-refractivity contribution in [3.05, 3.63) is 35.6 Å². The zero-order valence-electron chi connectivity index (χ0n) is 17.8. The Hall–Kier alpha value is -0.930. The highest BCUT2D eigenvalue weighted by Gasteiger charge is 2.42. The van der Waals surface area contributed by atoms with Gasteiger partial charge in [0.25, 0.3) is 0 Å². The zero-order valence-corrected chi connectivity index (χ0v) is 20.2. The highest BCUT2D eigenvalue weighted by molar-refractivity contribution is 14.0. The van der Waals surface area contributed by atoms with Crippen molar-refractivity contribution in [2.24, 2.45) is 10.4 Å². The Morgan fingerprint density at radius 2 is 2.00 bits per heavy atom. The standard InChI is InChI=1S/C22H34FN3O2.HI/c1-4-24-21(25-16-22(10-11-22)12-13-27-5-2)26-14-17(3)28-20(15-26)18-6-8-19(23)9-7-18;/h6-9,17,20H,4-5,10-16H2,1-3H3,(H,24,25);1H. The van der Waals surface area contributed by atoms with Gasteiger partial charge in [-0.1, -0.05) is 12.1 Å². The van der Waals surface area contributed by atoms with E-state index in [1.54, 1.807) is 0 Å². The van der Waals surface area contributed by atoms with Crippen LogP contribution >= 0.6 is 24.0 Å². The quantitative estimate of drug-likeness (QED) is 0.240. The minimum Gasteiger partial charge on any atom is -0.382 e. The van der Waals surface area contributed by atoms with E-state index < -0.39 is 0 Å². The van der Waals surface area contributed by atoms with Gasteiger partial charge in [-0.3, -0.25) is 4.99 Å². The minimum atomic E-state index is -0.221. The van der Waals surface area contributed by atoms with Gasteiger partial charge in [-0.25, -0.2) is 4.39 Å². The predicted octanol–water partition coefficient (Wildman–Crippen LogP) is 4.38. The fraction of sp³-hybridized carbons (Fsp3) is 0.682. The minimum absolute atomic E-state index is 0. The summed E-state index contributed by atoms with van der Waals surface area (Å²) in [6.45, 7) is 11.0. The first-order valence-electron chi connectivity index (χ1n) is 10.6. The number of nitrogens with zero attached hydrogens (tertiary/aromatic N) is 2. The molecule has 3 rings (SSSR count). The molecule has 2 aliphatic rings. The monoisotopic (exact) mass is 519 g/mol.